The molecule has 2 rings (SSSR count). The van der Waals surface area contributed by atoms with Crippen LogP contribution >= 0.6 is 31.9 Å². The molecule has 0 unspecified atom stereocenters. The van der Waals surface area contributed by atoms with Crippen LogP contribution in [0.5, 0.6) is 5.75 Å². The quantitative estimate of drug-likeness (QED) is 0.766. The number of hydrogen-bond donors (Lipinski definition) is 1. The number of para-hydroxylation sites is 1. The lowest BCUT2D eigenvalue weighted by Crippen LogP contribution is -2.21. The predicted octanol–water partition coefficient (Wildman–Crippen LogP) is 4.79. The molecule has 1 N–H and O–H groups in total. The van der Waals surface area contributed by atoms with Crippen LogP contribution in [0.1, 0.15) is 12.5 Å². The molecule has 110 valence electrons. The van der Waals surface area contributed by atoms with E-state index in [0.29, 0.717) is 5.75 Å². The van der Waals surface area contributed by atoms with Crippen LogP contribution in [-0.2, 0) is 11.2 Å². The molecule has 0 aliphatic rings. The second kappa shape index (κ2) is 7.61. The number of hydrogen-bond acceptors (Lipinski definition) is 2. The average molecular weight is 413 g/mol. The van der Waals surface area contributed by atoms with E-state index in [1.54, 1.807) is 6.07 Å². The molecule has 0 radical (unpaired) electrons. The molecule has 0 spiro atoms. The van der Waals surface area contributed by atoms with Gasteiger partial charge in [0.25, 0.3) is 5.91 Å². The van der Waals surface area contributed by atoms with Gasteiger partial charge in [0.1, 0.15) is 5.75 Å². The first-order valence-electron chi connectivity index (χ1n) is 6.55. The minimum atomic E-state index is -0.175. The molecule has 0 aliphatic carbocycles. The van der Waals surface area contributed by atoms with Gasteiger partial charge in [0.2, 0.25) is 0 Å². The molecule has 0 bridgehead atoms. The smallest absolute Gasteiger partial charge is 0.262 e. The summed E-state index contributed by atoms with van der Waals surface area (Å²) in [4.78, 5) is 12.0. The van der Waals surface area contributed by atoms with Crippen LogP contribution in [0.4, 0.5) is 5.69 Å². The van der Waals surface area contributed by atoms with Crippen molar-refractivity contribution in [3.05, 3.63) is 57.0 Å². The normalized spacial score (nSPS) is 10.2. The van der Waals surface area contributed by atoms with E-state index in [1.165, 1.54) is 0 Å². The summed E-state index contributed by atoms with van der Waals surface area (Å²) < 4.78 is 7.27. The predicted molar refractivity (Wildman–Crippen MR) is 91.8 cm³/mol. The number of carbonyl (C=O) groups excluding carboxylic acids is 1. The van der Waals surface area contributed by atoms with Crippen LogP contribution in [0.15, 0.2) is 51.4 Å². The Morgan fingerprint density at radius 2 is 1.95 bits per heavy atom. The Hall–Kier alpha value is -1.33. The molecular weight excluding hydrogens is 398 g/mol. The Morgan fingerprint density at radius 1 is 1.19 bits per heavy atom. The average Bonchev–Trinajstić information content (AvgIpc) is 2.47. The zero-order valence-corrected chi connectivity index (χ0v) is 14.7. The summed E-state index contributed by atoms with van der Waals surface area (Å²) in [6.07, 6.45) is 0.871. The van der Waals surface area contributed by atoms with Crippen molar-refractivity contribution in [3.8, 4) is 5.75 Å². The summed E-state index contributed by atoms with van der Waals surface area (Å²) in [5.74, 6) is 0.461. The Morgan fingerprint density at radius 3 is 2.67 bits per heavy atom. The summed E-state index contributed by atoms with van der Waals surface area (Å²) >= 11 is 6.77. The number of nitrogens with one attached hydrogen (secondary N) is 1. The molecule has 2 aromatic rings. The van der Waals surface area contributed by atoms with E-state index in [9.17, 15) is 4.79 Å². The maximum Gasteiger partial charge on any atom is 0.262 e. The van der Waals surface area contributed by atoms with Crippen molar-refractivity contribution in [2.75, 3.05) is 11.9 Å². The van der Waals surface area contributed by atoms with Gasteiger partial charge < -0.3 is 10.1 Å². The van der Waals surface area contributed by atoms with E-state index in [-0.39, 0.29) is 12.5 Å². The van der Waals surface area contributed by atoms with Gasteiger partial charge in [0, 0.05) is 10.2 Å². The number of anilines is 1. The van der Waals surface area contributed by atoms with Crippen molar-refractivity contribution in [2.45, 2.75) is 13.3 Å². The molecule has 0 saturated heterocycles. The number of ether oxygens (including phenoxy) is 1. The first-order chi connectivity index (χ1) is 10.1. The molecule has 1 amide bonds. The lowest BCUT2D eigenvalue weighted by atomic mass is 10.1. The third kappa shape index (κ3) is 4.58. The van der Waals surface area contributed by atoms with Crippen LogP contribution < -0.4 is 10.1 Å². The molecule has 5 heteroatoms. The highest BCUT2D eigenvalue weighted by molar-refractivity contribution is 9.11. The van der Waals surface area contributed by atoms with Crippen LogP contribution in [0, 0.1) is 0 Å². The van der Waals surface area contributed by atoms with E-state index in [0.717, 1.165) is 26.6 Å². The van der Waals surface area contributed by atoms with Gasteiger partial charge in [-0.15, -0.1) is 0 Å². The second-order valence-corrected chi connectivity index (χ2v) is 6.19. The van der Waals surface area contributed by atoms with Gasteiger partial charge in [-0.2, -0.15) is 0 Å². The maximum atomic E-state index is 12.0. The molecule has 0 aliphatic heterocycles. The summed E-state index contributed by atoms with van der Waals surface area (Å²) in [6.45, 7) is 2.03. The van der Waals surface area contributed by atoms with Crippen molar-refractivity contribution in [1.82, 2.24) is 0 Å². The molecule has 0 fully saturated rings. The highest BCUT2D eigenvalue weighted by Gasteiger charge is 2.08. The third-order valence-corrected chi connectivity index (χ3v) is 4.04. The van der Waals surface area contributed by atoms with Gasteiger partial charge in [0.15, 0.2) is 6.61 Å². The number of amides is 1. The highest BCUT2D eigenvalue weighted by atomic mass is 79.9. The number of benzene rings is 2. The van der Waals surface area contributed by atoms with Crippen LogP contribution in [-0.4, -0.2) is 12.5 Å². The van der Waals surface area contributed by atoms with E-state index < -0.39 is 0 Å². The van der Waals surface area contributed by atoms with Crippen LogP contribution in [0.2, 0.25) is 0 Å². The van der Waals surface area contributed by atoms with E-state index in [2.05, 4.69) is 44.1 Å². The van der Waals surface area contributed by atoms with E-state index in [1.807, 2.05) is 36.4 Å². The third-order valence-electron chi connectivity index (χ3n) is 2.93. The SMILES string of the molecule is CCc1ccccc1NC(=O)COc1ccc(Br)cc1Br. The fourth-order valence-electron chi connectivity index (χ4n) is 1.87. The fraction of sp³-hybridized carbons (Fsp3) is 0.188. The van der Waals surface area contributed by atoms with Crippen molar-refractivity contribution in [3.63, 3.8) is 0 Å². The first-order valence-corrected chi connectivity index (χ1v) is 8.14. The van der Waals surface area contributed by atoms with Crippen molar-refractivity contribution >= 4 is 43.5 Å². The Bertz CT molecular complexity index is 644. The molecule has 0 atom stereocenters. The lowest BCUT2D eigenvalue weighted by Gasteiger charge is -2.11. The summed E-state index contributed by atoms with van der Waals surface area (Å²) in [7, 11) is 0. The van der Waals surface area contributed by atoms with E-state index in [4.69, 9.17) is 4.74 Å². The second-order valence-electron chi connectivity index (χ2n) is 4.42. The molecule has 0 heterocycles. The molecule has 0 saturated carbocycles. The number of rotatable bonds is 5. The zero-order valence-electron chi connectivity index (χ0n) is 11.5. The summed E-state index contributed by atoms with van der Waals surface area (Å²) in [5, 5.41) is 2.87. The van der Waals surface area contributed by atoms with Gasteiger partial charge in [-0.3, -0.25) is 4.79 Å². The maximum absolute atomic E-state index is 12.0. The van der Waals surface area contributed by atoms with Crippen molar-refractivity contribution in [1.29, 1.82) is 0 Å². The highest BCUT2D eigenvalue weighted by Crippen LogP contribution is 2.28. The molecular formula is C16H15Br2NO2. The van der Waals surface area contributed by atoms with Gasteiger partial charge in [-0.05, 0) is 52.2 Å². The summed E-state index contributed by atoms with van der Waals surface area (Å²) in [5.41, 5.74) is 1.94. The van der Waals surface area contributed by atoms with Crippen molar-refractivity contribution < 1.29 is 9.53 Å². The fourth-order valence-corrected chi connectivity index (χ4v) is 3.03. The Kier molecular flexibility index (Phi) is 5.82. The molecule has 3 nitrogen and oxygen atoms in total. The van der Waals surface area contributed by atoms with E-state index >= 15 is 0 Å². The largest absolute Gasteiger partial charge is 0.483 e. The van der Waals surface area contributed by atoms with Gasteiger partial charge >= 0.3 is 0 Å². The topological polar surface area (TPSA) is 38.3 Å². The Labute approximate surface area is 141 Å². The van der Waals surface area contributed by atoms with Gasteiger partial charge in [-0.25, -0.2) is 0 Å². The minimum Gasteiger partial charge on any atom is -0.483 e. The first kappa shape index (κ1) is 16.0. The number of carbonyl (C=O) groups is 1. The van der Waals surface area contributed by atoms with Crippen LogP contribution in [0.3, 0.4) is 0 Å². The minimum absolute atomic E-state index is 0.0295. The van der Waals surface area contributed by atoms with Gasteiger partial charge in [-0.1, -0.05) is 41.1 Å². The van der Waals surface area contributed by atoms with Crippen LogP contribution in [0.25, 0.3) is 0 Å². The zero-order chi connectivity index (χ0) is 15.2. The lowest BCUT2D eigenvalue weighted by molar-refractivity contribution is -0.118. The molecule has 21 heavy (non-hydrogen) atoms. The standard InChI is InChI=1S/C16H15Br2NO2/c1-2-11-5-3-4-6-14(11)19-16(20)10-21-15-8-7-12(17)9-13(15)18/h3-9H,2,10H2,1H3,(H,19,20). The monoisotopic (exact) mass is 411 g/mol. The molecule has 0 aromatic heterocycles. The summed E-state index contributed by atoms with van der Waals surface area (Å²) in [6, 6.07) is 13.3. The Balaban J connectivity index is 1.96. The number of aryl methyl sites for hydroxylation is 1. The van der Waals surface area contributed by atoms with Gasteiger partial charge in [0.05, 0.1) is 4.47 Å². The number of halogens is 2. The van der Waals surface area contributed by atoms with Crippen molar-refractivity contribution in [2.24, 2.45) is 0 Å². The molecule has 2 aromatic carbocycles.